The molecule has 0 atom stereocenters. The fourth-order valence-corrected chi connectivity index (χ4v) is 1.96. The summed E-state index contributed by atoms with van der Waals surface area (Å²) in [7, 11) is 0. The molecule has 6 heteroatoms. The van der Waals surface area contributed by atoms with Gasteiger partial charge in [-0.2, -0.15) is 0 Å². The van der Waals surface area contributed by atoms with Crippen LogP contribution in [0.1, 0.15) is 25.7 Å². The Balaban J connectivity index is 1.59. The molecule has 0 aromatic carbocycles. The van der Waals surface area contributed by atoms with Crippen molar-refractivity contribution in [2.45, 2.75) is 26.2 Å². The summed E-state index contributed by atoms with van der Waals surface area (Å²) in [6.45, 7) is 7.86. The van der Waals surface area contributed by atoms with Gasteiger partial charge >= 0.3 is 6.01 Å². The van der Waals surface area contributed by atoms with Crippen LogP contribution < -0.4 is 5.32 Å². The number of morpholine rings is 1. The summed E-state index contributed by atoms with van der Waals surface area (Å²) in [5.41, 5.74) is 0. The molecule has 1 saturated heterocycles. The zero-order valence-electron chi connectivity index (χ0n) is 11.0. The quantitative estimate of drug-likeness (QED) is 0.737. The Hall–Kier alpha value is -1.14. The third-order valence-electron chi connectivity index (χ3n) is 2.96. The predicted octanol–water partition coefficient (Wildman–Crippen LogP) is 1.16. The molecule has 1 aliphatic rings. The summed E-state index contributed by atoms with van der Waals surface area (Å²) < 4.78 is 10.8. The molecule has 0 unspecified atom stereocenters. The van der Waals surface area contributed by atoms with Crippen LogP contribution in [0.3, 0.4) is 0 Å². The van der Waals surface area contributed by atoms with Gasteiger partial charge < -0.3 is 14.5 Å². The Labute approximate surface area is 108 Å². The lowest BCUT2D eigenvalue weighted by Crippen LogP contribution is -2.37. The highest BCUT2D eigenvalue weighted by Crippen LogP contribution is 2.07. The SMILES string of the molecule is CCCc1nnc(NCCCN2CCOCC2)o1. The smallest absolute Gasteiger partial charge is 0.315 e. The van der Waals surface area contributed by atoms with E-state index in [2.05, 4.69) is 27.3 Å². The molecule has 0 amide bonds. The summed E-state index contributed by atoms with van der Waals surface area (Å²) in [6, 6.07) is 0.542. The summed E-state index contributed by atoms with van der Waals surface area (Å²) in [5, 5.41) is 11.1. The van der Waals surface area contributed by atoms with Crippen LogP contribution >= 0.6 is 0 Å². The molecule has 1 N–H and O–H groups in total. The van der Waals surface area contributed by atoms with Gasteiger partial charge in [0, 0.05) is 26.1 Å². The first-order valence-electron chi connectivity index (χ1n) is 6.75. The highest BCUT2D eigenvalue weighted by Gasteiger charge is 2.09. The van der Waals surface area contributed by atoms with Crippen molar-refractivity contribution in [2.24, 2.45) is 0 Å². The standard InChI is InChI=1S/C12H22N4O2/c1-2-4-11-14-15-12(18-11)13-5-3-6-16-7-9-17-10-8-16/h2-10H2,1H3,(H,13,15). The Morgan fingerprint density at radius 3 is 2.89 bits per heavy atom. The molecular formula is C12H22N4O2. The Kier molecular flexibility index (Phi) is 5.41. The maximum absolute atomic E-state index is 5.45. The highest BCUT2D eigenvalue weighted by atomic mass is 16.5. The fraction of sp³-hybridized carbons (Fsp3) is 0.833. The third-order valence-corrected chi connectivity index (χ3v) is 2.96. The van der Waals surface area contributed by atoms with Crippen LogP contribution in [-0.2, 0) is 11.2 Å². The van der Waals surface area contributed by atoms with Crippen molar-refractivity contribution < 1.29 is 9.15 Å². The van der Waals surface area contributed by atoms with E-state index >= 15 is 0 Å². The number of aromatic nitrogens is 2. The van der Waals surface area contributed by atoms with E-state index in [4.69, 9.17) is 9.15 Å². The number of rotatable bonds is 7. The van der Waals surface area contributed by atoms with Gasteiger partial charge in [-0.25, -0.2) is 0 Å². The first-order chi connectivity index (χ1) is 8.88. The molecule has 0 bridgehead atoms. The van der Waals surface area contributed by atoms with Crippen LogP contribution in [0.4, 0.5) is 6.01 Å². The molecule has 102 valence electrons. The molecule has 0 saturated carbocycles. The number of aryl methyl sites for hydroxylation is 1. The van der Waals surface area contributed by atoms with Gasteiger partial charge in [0.1, 0.15) is 0 Å². The van der Waals surface area contributed by atoms with Gasteiger partial charge in [0.05, 0.1) is 13.2 Å². The first-order valence-corrected chi connectivity index (χ1v) is 6.75. The molecule has 1 fully saturated rings. The van der Waals surface area contributed by atoms with Crippen molar-refractivity contribution in [3.8, 4) is 0 Å². The minimum atomic E-state index is 0.542. The summed E-state index contributed by atoms with van der Waals surface area (Å²) in [4.78, 5) is 2.42. The van der Waals surface area contributed by atoms with Gasteiger partial charge in [0.2, 0.25) is 5.89 Å². The fourth-order valence-electron chi connectivity index (χ4n) is 1.96. The predicted molar refractivity (Wildman–Crippen MR) is 68.7 cm³/mol. The largest absolute Gasteiger partial charge is 0.408 e. The molecule has 0 spiro atoms. The number of nitrogens with zero attached hydrogens (tertiary/aromatic N) is 3. The van der Waals surface area contributed by atoms with Crippen LogP contribution in [-0.4, -0.2) is 54.5 Å². The maximum Gasteiger partial charge on any atom is 0.315 e. The lowest BCUT2D eigenvalue weighted by atomic mass is 10.3. The topological polar surface area (TPSA) is 63.4 Å². The molecule has 0 radical (unpaired) electrons. The Morgan fingerprint density at radius 2 is 2.11 bits per heavy atom. The zero-order valence-corrected chi connectivity index (χ0v) is 11.0. The van der Waals surface area contributed by atoms with Gasteiger partial charge in [-0.1, -0.05) is 12.0 Å². The highest BCUT2D eigenvalue weighted by molar-refractivity contribution is 5.16. The van der Waals surface area contributed by atoms with Crippen LogP contribution in [0.25, 0.3) is 0 Å². The van der Waals surface area contributed by atoms with E-state index in [1.54, 1.807) is 0 Å². The van der Waals surface area contributed by atoms with Gasteiger partial charge in [-0.3, -0.25) is 4.90 Å². The van der Waals surface area contributed by atoms with Gasteiger partial charge in [-0.15, -0.1) is 5.10 Å². The van der Waals surface area contributed by atoms with E-state index < -0.39 is 0 Å². The summed E-state index contributed by atoms with van der Waals surface area (Å²) >= 11 is 0. The van der Waals surface area contributed by atoms with E-state index in [1.807, 2.05) is 0 Å². The number of ether oxygens (including phenoxy) is 1. The van der Waals surface area contributed by atoms with Crippen LogP contribution in [0, 0.1) is 0 Å². The second kappa shape index (κ2) is 7.33. The number of nitrogens with one attached hydrogen (secondary N) is 1. The van der Waals surface area contributed by atoms with Crippen molar-refractivity contribution >= 4 is 6.01 Å². The molecule has 1 aliphatic heterocycles. The van der Waals surface area contributed by atoms with Crippen LogP contribution in [0.5, 0.6) is 0 Å². The van der Waals surface area contributed by atoms with Gasteiger partial charge in [0.15, 0.2) is 0 Å². The van der Waals surface area contributed by atoms with E-state index in [-0.39, 0.29) is 0 Å². The lowest BCUT2D eigenvalue weighted by Gasteiger charge is -2.26. The normalized spacial score (nSPS) is 16.9. The van der Waals surface area contributed by atoms with Crippen LogP contribution in [0.2, 0.25) is 0 Å². The number of hydrogen-bond donors (Lipinski definition) is 1. The van der Waals surface area contributed by atoms with E-state index in [9.17, 15) is 0 Å². The van der Waals surface area contributed by atoms with Gasteiger partial charge in [0.25, 0.3) is 0 Å². The number of anilines is 1. The maximum atomic E-state index is 5.45. The van der Waals surface area contributed by atoms with E-state index in [0.29, 0.717) is 11.9 Å². The average Bonchev–Trinajstić information content (AvgIpc) is 2.84. The second-order valence-electron chi connectivity index (χ2n) is 4.49. The molecule has 2 heterocycles. The molecule has 2 rings (SSSR count). The van der Waals surface area contributed by atoms with Crippen molar-refractivity contribution in [1.29, 1.82) is 0 Å². The molecule has 0 aliphatic carbocycles. The molecule has 18 heavy (non-hydrogen) atoms. The lowest BCUT2D eigenvalue weighted by molar-refractivity contribution is 0.0378. The van der Waals surface area contributed by atoms with Crippen molar-refractivity contribution in [1.82, 2.24) is 15.1 Å². The van der Waals surface area contributed by atoms with Gasteiger partial charge in [-0.05, 0) is 19.4 Å². The second-order valence-corrected chi connectivity index (χ2v) is 4.49. The molecular weight excluding hydrogens is 232 g/mol. The molecule has 6 nitrogen and oxygen atoms in total. The Morgan fingerprint density at radius 1 is 1.28 bits per heavy atom. The van der Waals surface area contributed by atoms with Crippen molar-refractivity contribution in [3.63, 3.8) is 0 Å². The zero-order chi connectivity index (χ0) is 12.6. The monoisotopic (exact) mass is 254 g/mol. The minimum absolute atomic E-state index is 0.542. The molecule has 1 aromatic rings. The van der Waals surface area contributed by atoms with E-state index in [1.165, 1.54) is 0 Å². The van der Waals surface area contributed by atoms with Crippen LogP contribution in [0.15, 0.2) is 4.42 Å². The molecule has 1 aromatic heterocycles. The van der Waals surface area contributed by atoms with E-state index in [0.717, 1.165) is 58.7 Å². The number of hydrogen-bond acceptors (Lipinski definition) is 6. The summed E-state index contributed by atoms with van der Waals surface area (Å²) in [6.07, 6.45) is 2.95. The average molecular weight is 254 g/mol. The van der Waals surface area contributed by atoms with Crippen molar-refractivity contribution in [3.05, 3.63) is 5.89 Å². The third kappa shape index (κ3) is 4.27. The van der Waals surface area contributed by atoms with Crippen molar-refractivity contribution in [2.75, 3.05) is 44.7 Å². The first kappa shape index (κ1) is 13.3. The summed E-state index contributed by atoms with van der Waals surface area (Å²) in [5.74, 6) is 0.716. The minimum Gasteiger partial charge on any atom is -0.408 e. The Bertz CT molecular complexity index is 337.